The molecule has 0 aliphatic rings. The van der Waals surface area contributed by atoms with Crippen LogP contribution in [0.1, 0.15) is 22.8 Å². The third-order valence-corrected chi connectivity index (χ3v) is 4.11. The quantitative estimate of drug-likeness (QED) is 0.757. The van der Waals surface area contributed by atoms with E-state index in [1.54, 1.807) is 6.20 Å². The number of aromatic nitrogens is 1. The molecule has 2 nitrogen and oxygen atoms in total. The van der Waals surface area contributed by atoms with E-state index in [4.69, 9.17) is 0 Å². The van der Waals surface area contributed by atoms with Crippen molar-refractivity contribution in [2.45, 2.75) is 13.0 Å². The van der Waals surface area contributed by atoms with Gasteiger partial charge in [0.25, 0.3) is 0 Å². The van der Waals surface area contributed by atoms with Gasteiger partial charge in [0.15, 0.2) is 0 Å². The topological polar surface area (TPSA) is 33.1 Å². The van der Waals surface area contributed by atoms with Crippen LogP contribution < -0.4 is 0 Å². The average Bonchev–Trinajstić information content (AvgIpc) is 2.48. The molecule has 3 heteroatoms. The van der Waals surface area contributed by atoms with Crippen LogP contribution in [0.3, 0.4) is 0 Å². The normalized spacial score (nSPS) is 12.6. The molecule has 0 radical (unpaired) electrons. The molecule has 0 amide bonds. The largest absolute Gasteiger partial charge is 0.384 e. The van der Waals surface area contributed by atoms with Crippen molar-refractivity contribution in [2.75, 3.05) is 0 Å². The molecule has 0 spiro atoms. The molecule has 1 aromatic heterocycles. The van der Waals surface area contributed by atoms with E-state index in [-0.39, 0.29) is 0 Å². The van der Waals surface area contributed by atoms with Crippen molar-refractivity contribution in [3.8, 4) is 0 Å². The summed E-state index contributed by atoms with van der Waals surface area (Å²) in [6.07, 6.45) is 1.11. The van der Waals surface area contributed by atoms with E-state index < -0.39 is 6.10 Å². The number of aliphatic hydroxyl groups excluding tert-OH is 1. The zero-order valence-electron chi connectivity index (χ0n) is 11.0. The van der Waals surface area contributed by atoms with Crippen LogP contribution in [0.25, 0.3) is 10.9 Å². The van der Waals surface area contributed by atoms with Gasteiger partial charge in [-0.2, -0.15) is 0 Å². The number of benzene rings is 2. The Labute approximate surface area is 126 Å². The van der Waals surface area contributed by atoms with Crippen LogP contribution in [0.5, 0.6) is 0 Å². The van der Waals surface area contributed by atoms with E-state index in [1.165, 1.54) is 0 Å². The Balaban J connectivity index is 2.07. The number of hydrogen-bond donors (Lipinski definition) is 1. The Morgan fingerprint density at radius 3 is 2.80 bits per heavy atom. The van der Waals surface area contributed by atoms with Crippen LogP contribution in [0.15, 0.2) is 59.2 Å². The molecule has 0 saturated heterocycles. The van der Waals surface area contributed by atoms with Crippen LogP contribution in [-0.2, 0) is 0 Å². The molecular formula is C17H14BrNO. The smallest absolute Gasteiger partial charge is 0.105 e. The van der Waals surface area contributed by atoms with Gasteiger partial charge < -0.3 is 5.11 Å². The summed E-state index contributed by atoms with van der Waals surface area (Å²) in [4.78, 5) is 4.34. The fourth-order valence-corrected chi connectivity index (χ4v) is 2.77. The third kappa shape index (κ3) is 2.47. The van der Waals surface area contributed by atoms with Gasteiger partial charge in [0.05, 0.1) is 5.52 Å². The van der Waals surface area contributed by atoms with Crippen molar-refractivity contribution in [1.82, 2.24) is 4.98 Å². The minimum absolute atomic E-state index is 0.657. The highest BCUT2D eigenvalue weighted by molar-refractivity contribution is 9.10. The van der Waals surface area contributed by atoms with Crippen molar-refractivity contribution >= 4 is 26.8 Å². The lowest BCUT2D eigenvalue weighted by atomic mass is 9.99. The van der Waals surface area contributed by atoms with Crippen molar-refractivity contribution in [2.24, 2.45) is 0 Å². The summed E-state index contributed by atoms with van der Waals surface area (Å²) in [5.74, 6) is 0. The van der Waals surface area contributed by atoms with E-state index in [0.717, 1.165) is 32.1 Å². The predicted molar refractivity (Wildman–Crippen MR) is 84.7 cm³/mol. The highest BCUT2D eigenvalue weighted by Crippen LogP contribution is 2.30. The minimum atomic E-state index is -0.657. The van der Waals surface area contributed by atoms with Gasteiger partial charge in [0.1, 0.15) is 6.10 Å². The lowest BCUT2D eigenvalue weighted by Gasteiger charge is -2.14. The number of fused-ring (bicyclic) bond motifs is 1. The summed E-state index contributed by atoms with van der Waals surface area (Å²) in [5, 5.41) is 11.7. The fourth-order valence-electron chi connectivity index (χ4n) is 2.31. The number of aryl methyl sites for hydroxylation is 1. The molecule has 1 atom stereocenters. The predicted octanol–water partition coefficient (Wildman–Crippen LogP) is 4.39. The Morgan fingerprint density at radius 1 is 1.10 bits per heavy atom. The second-order valence-corrected chi connectivity index (χ2v) is 5.74. The van der Waals surface area contributed by atoms with Gasteiger partial charge in [-0.1, -0.05) is 51.8 Å². The Bertz CT molecular complexity index is 770. The van der Waals surface area contributed by atoms with Gasteiger partial charge in [0.2, 0.25) is 0 Å². The van der Waals surface area contributed by atoms with Crippen LogP contribution in [0.2, 0.25) is 0 Å². The first-order valence-electron chi connectivity index (χ1n) is 6.44. The van der Waals surface area contributed by atoms with Gasteiger partial charge in [-0.3, -0.25) is 4.98 Å². The van der Waals surface area contributed by atoms with Crippen LogP contribution in [0, 0.1) is 6.92 Å². The first-order chi connectivity index (χ1) is 9.65. The van der Waals surface area contributed by atoms with Gasteiger partial charge in [-0.15, -0.1) is 0 Å². The van der Waals surface area contributed by atoms with Gasteiger partial charge in [0, 0.05) is 16.1 Å². The number of nitrogens with zero attached hydrogens (tertiary/aromatic N) is 1. The maximum absolute atomic E-state index is 10.6. The SMILES string of the molecule is Cc1ccc(Br)c(C(O)c2ccc3cccnc3c2)c1. The second-order valence-electron chi connectivity index (χ2n) is 4.88. The molecule has 2 aromatic carbocycles. The van der Waals surface area contributed by atoms with Crippen LogP contribution in [0.4, 0.5) is 0 Å². The fraction of sp³-hybridized carbons (Fsp3) is 0.118. The van der Waals surface area contributed by atoms with E-state index in [1.807, 2.05) is 55.5 Å². The van der Waals surface area contributed by atoms with Crippen molar-refractivity contribution in [1.29, 1.82) is 0 Å². The Hall–Kier alpha value is -1.71. The van der Waals surface area contributed by atoms with Crippen LogP contribution >= 0.6 is 15.9 Å². The molecule has 0 aliphatic carbocycles. The maximum Gasteiger partial charge on any atom is 0.105 e. The maximum atomic E-state index is 10.6. The summed E-state index contributed by atoms with van der Waals surface area (Å²) >= 11 is 3.50. The third-order valence-electron chi connectivity index (χ3n) is 3.39. The van der Waals surface area contributed by atoms with Gasteiger partial charge in [-0.25, -0.2) is 0 Å². The number of hydrogen-bond acceptors (Lipinski definition) is 2. The lowest BCUT2D eigenvalue weighted by Crippen LogP contribution is -2.01. The Kier molecular flexibility index (Phi) is 3.55. The molecular weight excluding hydrogens is 314 g/mol. The highest BCUT2D eigenvalue weighted by Gasteiger charge is 2.14. The molecule has 0 saturated carbocycles. The summed E-state index contributed by atoms with van der Waals surface area (Å²) in [6.45, 7) is 2.02. The summed E-state index contributed by atoms with van der Waals surface area (Å²) < 4.78 is 0.914. The van der Waals surface area contributed by atoms with E-state index in [0.29, 0.717) is 0 Å². The van der Waals surface area contributed by atoms with Crippen molar-refractivity contribution in [3.05, 3.63) is 75.9 Å². The molecule has 0 aliphatic heterocycles. The van der Waals surface area contributed by atoms with E-state index >= 15 is 0 Å². The molecule has 20 heavy (non-hydrogen) atoms. The summed E-state index contributed by atoms with van der Waals surface area (Å²) in [7, 11) is 0. The lowest BCUT2D eigenvalue weighted by molar-refractivity contribution is 0.219. The number of pyridine rings is 1. The van der Waals surface area contributed by atoms with E-state index in [2.05, 4.69) is 20.9 Å². The standard InChI is InChI=1S/C17H14BrNO/c1-11-4-7-15(18)14(9-11)17(20)13-6-5-12-3-2-8-19-16(12)10-13/h2-10,17,20H,1H3. The molecule has 0 fully saturated rings. The average molecular weight is 328 g/mol. The monoisotopic (exact) mass is 327 g/mol. The van der Waals surface area contributed by atoms with Gasteiger partial charge in [-0.05, 0) is 36.2 Å². The van der Waals surface area contributed by atoms with Crippen molar-refractivity contribution < 1.29 is 5.11 Å². The summed E-state index contributed by atoms with van der Waals surface area (Å²) in [6, 6.07) is 15.8. The summed E-state index contributed by atoms with van der Waals surface area (Å²) in [5.41, 5.74) is 3.75. The Morgan fingerprint density at radius 2 is 1.95 bits per heavy atom. The van der Waals surface area contributed by atoms with Crippen molar-refractivity contribution in [3.63, 3.8) is 0 Å². The van der Waals surface area contributed by atoms with Gasteiger partial charge >= 0.3 is 0 Å². The highest BCUT2D eigenvalue weighted by atomic mass is 79.9. The van der Waals surface area contributed by atoms with Crippen LogP contribution in [-0.4, -0.2) is 10.1 Å². The molecule has 1 heterocycles. The molecule has 1 unspecified atom stereocenters. The zero-order valence-corrected chi connectivity index (χ0v) is 12.6. The number of rotatable bonds is 2. The zero-order chi connectivity index (χ0) is 14.1. The second kappa shape index (κ2) is 5.35. The molecule has 3 aromatic rings. The first kappa shape index (κ1) is 13.3. The van der Waals surface area contributed by atoms with E-state index in [9.17, 15) is 5.11 Å². The molecule has 100 valence electrons. The molecule has 3 rings (SSSR count). The number of aliphatic hydroxyl groups is 1. The number of halogens is 1. The minimum Gasteiger partial charge on any atom is -0.384 e. The molecule has 0 bridgehead atoms. The first-order valence-corrected chi connectivity index (χ1v) is 7.23. The molecule has 1 N–H and O–H groups in total.